The normalized spacial score (nSPS) is 10.8. The summed E-state index contributed by atoms with van der Waals surface area (Å²) in [6.45, 7) is 2.04. The van der Waals surface area contributed by atoms with Gasteiger partial charge in [0.15, 0.2) is 11.6 Å². The van der Waals surface area contributed by atoms with Gasteiger partial charge in [-0.3, -0.25) is 0 Å². The summed E-state index contributed by atoms with van der Waals surface area (Å²) in [5, 5.41) is 0. The van der Waals surface area contributed by atoms with Crippen molar-refractivity contribution in [3.8, 4) is 39.8 Å². The van der Waals surface area contributed by atoms with Gasteiger partial charge in [-0.05, 0) is 19.1 Å². The average Bonchev–Trinajstić information content (AvgIpc) is 3.14. The molecule has 1 aromatic carbocycles. The van der Waals surface area contributed by atoms with Crippen LogP contribution < -0.4 is 16.2 Å². The predicted octanol–water partition coefficient (Wildman–Crippen LogP) is 3.08. The van der Waals surface area contributed by atoms with E-state index in [1.165, 1.54) is 5.56 Å². The highest BCUT2D eigenvalue weighted by molar-refractivity contribution is 5.80. The largest absolute Gasteiger partial charge is 0.493 e. The first-order valence-corrected chi connectivity index (χ1v) is 8.61. The maximum absolute atomic E-state index is 5.86. The van der Waals surface area contributed by atoms with Crippen molar-refractivity contribution in [3.63, 3.8) is 0 Å². The van der Waals surface area contributed by atoms with E-state index in [0.717, 1.165) is 11.1 Å². The second-order valence-electron chi connectivity index (χ2n) is 6.29. The van der Waals surface area contributed by atoms with Crippen molar-refractivity contribution >= 4 is 11.8 Å². The van der Waals surface area contributed by atoms with Gasteiger partial charge in [0.05, 0.1) is 18.5 Å². The van der Waals surface area contributed by atoms with Gasteiger partial charge in [0.1, 0.15) is 11.5 Å². The minimum absolute atomic E-state index is 0.183. The zero-order valence-electron chi connectivity index (χ0n) is 15.5. The van der Waals surface area contributed by atoms with Crippen molar-refractivity contribution < 1.29 is 4.74 Å². The number of hydrogen-bond donors (Lipinski definition) is 3. The fourth-order valence-corrected chi connectivity index (χ4v) is 2.88. The van der Waals surface area contributed by atoms with Crippen LogP contribution in [0.3, 0.4) is 0 Å². The van der Waals surface area contributed by atoms with Crippen molar-refractivity contribution in [1.29, 1.82) is 0 Å². The third kappa shape index (κ3) is 3.23. The van der Waals surface area contributed by atoms with Crippen molar-refractivity contribution in [3.05, 3.63) is 54.4 Å². The van der Waals surface area contributed by atoms with Crippen molar-refractivity contribution in [2.75, 3.05) is 18.6 Å². The lowest BCUT2D eigenvalue weighted by Gasteiger charge is -2.06. The van der Waals surface area contributed by atoms with Gasteiger partial charge in [-0.15, -0.1) is 0 Å². The van der Waals surface area contributed by atoms with E-state index in [9.17, 15) is 0 Å². The molecule has 0 amide bonds. The van der Waals surface area contributed by atoms with E-state index < -0.39 is 0 Å². The Morgan fingerprint density at radius 2 is 1.75 bits per heavy atom. The Balaban J connectivity index is 1.91. The molecule has 8 nitrogen and oxygen atoms in total. The van der Waals surface area contributed by atoms with Crippen molar-refractivity contribution in [1.82, 2.24) is 24.9 Å². The second-order valence-corrected chi connectivity index (χ2v) is 6.29. The summed E-state index contributed by atoms with van der Waals surface area (Å²) in [4.78, 5) is 20.7. The third-order valence-corrected chi connectivity index (χ3v) is 4.33. The Kier molecular flexibility index (Phi) is 4.36. The number of rotatable bonds is 4. The van der Waals surface area contributed by atoms with E-state index in [1.807, 2.05) is 31.2 Å². The molecule has 0 aliphatic heterocycles. The number of imidazole rings is 1. The number of ether oxygens (including phenoxy) is 1. The summed E-state index contributed by atoms with van der Waals surface area (Å²) < 4.78 is 5.31. The van der Waals surface area contributed by atoms with Crippen LogP contribution in [0.2, 0.25) is 0 Å². The molecular formula is C20H19N7O. The summed E-state index contributed by atoms with van der Waals surface area (Å²) in [6, 6.07) is 11.7. The van der Waals surface area contributed by atoms with Crippen LogP contribution >= 0.6 is 0 Å². The number of aromatic amines is 1. The summed E-state index contributed by atoms with van der Waals surface area (Å²) in [5.41, 5.74) is 16.5. The molecule has 8 heteroatoms. The number of anilines is 2. The Morgan fingerprint density at radius 3 is 2.46 bits per heavy atom. The van der Waals surface area contributed by atoms with Crippen LogP contribution in [0.4, 0.5) is 11.8 Å². The van der Waals surface area contributed by atoms with Crippen LogP contribution in [0.1, 0.15) is 5.56 Å². The molecule has 0 atom stereocenters. The Hall–Kier alpha value is -3.94. The van der Waals surface area contributed by atoms with Gasteiger partial charge in [0.25, 0.3) is 0 Å². The summed E-state index contributed by atoms with van der Waals surface area (Å²) in [5.74, 6) is 1.68. The molecule has 0 saturated heterocycles. The van der Waals surface area contributed by atoms with Gasteiger partial charge < -0.3 is 21.2 Å². The molecule has 0 fully saturated rings. The lowest BCUT2D eigenvalue weighted by atomic mass is 10.1. The fourth-order valence-electron chi connectivity index (χ4n) is 2.88. The van der Waals surface area contributed by atoms with Crippen LogP contribution in [0, 0.1) is 6.92 Å². The first kappa shape index (κ1) is 17.5. The van der Waals surface area contributed by atoms with Crippen LogP contribution in [0.15, 0.2) is 48.8 Å². The molecule has 140 valence electrons. The molecule has 4 rings (SSSR count). The van der Waals surface area contributed by atoms with Crippen molar-refractivity contribution in [2.24, 2.45) is 0 Å². The molecular weight excluding hydrogens is 354 g/mol. The maximum atomic E-state index is 5.86. The quantitative estimate of drug-likeness (QED) is 0.501. The number of benzene rings is 1. The molecule has 3 aromatic heterocycles. The summed E-state index contributed by atoms with van der Waals surface area (Å²) >= 11 is 0. The minimum atomic E-state index is 0.183. The molecule has 0 aliphatic carbocycles. The summed E-state index contributed by atoms with van der Waals surface area (Å²) in [7, 11) is 1.55. The SMILES string of the molecule is COc1cc(-c2nc(-c3ccc(C)cc3)[nH]c2-c2ccnc(N)n2)cnc1N. The fraction of sp³-hybridized carbons (Fsp3) is 0.100. The zero-order chi connectivity index (χ0) is 19.7. The molecule has 28 heavy (non-hydrogen) atoms. The number of pyridine rings is 1. The molecule has 3 heterocycles. The first-order chi connectivity index (χ1) is 13.5. The minimum Gasteiger partial charge on any atom is -0.493 e. The lowest BCUT2D eigenvalue weighted by molar-refractivity contribution is 0.415. The van der Waals surface area contributed by atoms with Gasteiger partial charge in [0, 0.05) is 23.5 Å². The standard InChI is InChI=1S/C20H19N7O/c1-11-3-5-12(6-4-11)19-26-16(13-9-15(28-2)18(21)24-10-13)17(27-19)14-7-8-23-20(22)25-14/h3-10H,1-2H3,(H2,21,24)(H,26,27)(H2,22,23,25). The Morgan fingerprint density at radius 1 is 0.964 bits per heavy atom. The number of nitrogens with one attached hydrogen (secondary N) is 1. The van der Waals surface area contributed by atoms with Gasteiger partial charge in [-0.1, -0.05) is 29.8 Å². The molecule has 0 saturated carbocycles. The van der Waals surface area contributed by atoms with E-state index in [2.05, 4.69) is 19.9 Å². The average molecular weight is 373 g/mol. The number of hydrogen-bond acceptors (Lipinski definition) is 7. The van der Waals surface area contributed by atoms with E-state index in [1.54, 1.807) is 31.6 Å². The smallest absolute Gasteiger partial charge is 0.220 e. The number of nitrogens with two attached hydrogens (primary N) is 2. The highest BCUT2D eigenvalue weighted by Gasteiger charge is 2.18. The van der Waals surface area contributed by atoms with E-state index in [-0.39, 0.29) is 5.95 Å². The number of H-pyrrole nitrogens is 1. The molecule has 0 unspecified atom stereocenters. The highest BCUT2D eigenvalue weighted by atomic mass is 16.5. The number of nitrogens with zero attached hydrogens (tertiary/aromatic N) is 4. The van der Waals surface area contributed by atoms with Crippen LogP contribution in [0.25, 0.3) is 34.0 Å². The number of methoxy groups -OCH3 is 1. The number of aryl methyl sites for hydroxylation is 1. The molecule has 0 spiro atoms. The van der Waals surface area contributed by atoms with E-state index in [4.69, 9.17) is 21.2 Å². The molecule has 4 aromatic rings. The van der Waals surface area contributed by atoms with Gasteiger partial charge >= 0.3 is 0 Å². The van der Waals surface area contributed by atoms with Crippen LogP contribution in [0.5, 0.6) is 5.75 Å². The number of aromatic nitrogens is 5. The maximum Gasteiger partial charge on any atom is 0.220 e. The molecule has 0 radical (unpaired) electrons. The van der Waals surface area contributed by atoms with E-state index in [0.29, 0.717) is 34.5 Å². The first-order valence-electron chi connectivity index (χ1n) is 8.61. The monoisotopic (exact) mass is 373 g/mol. The highest BCUT2D eigenvalue weighted by Crippen LogP contribution is 2.34. The Labute approximate surface area is 161 Å². The van der Waals surface area contributed by atoms with Crippen LogP contribution in [-0.2, 0) is 0 Å². The Bertz CT molecular complexity index is 1140. The van der Waals surface area contributed by atoms with Crippen molar-refractivity contribution in [2.45, 2.75) is 6.92 Å². The molecule has 0 bridgehead atoms. The zero-order valence-corrected chi connectivity index (χ0v) is 15.5. The summed E-state index contributed by atoms with van der Waals surface area (Å²) in [6.07, 6.45) is 3.26. The predicted molar refractivity (Wildman–Crippen MR) is 108 cm³/mol. The third-order valence-electron chi connectivity index (χ3n) is 4.33. The lowest BCUT2D eigenvalue weighted by Crippen LogP contribution is -1.98. The van der Waals surface area contributed by atoms with Gasteiger partial charge in [-0.25, -0.2) is 19.9 Å². The van der Waals surface area contributed by atoms with Gasteiger partial charge in [0.2, 0.25) is 5.95 Å². The van der Waals surface area contributed by atoms with E-state index >= 15 is 0 Å². The topological polar surface area (TPSA) is 129 Å². The second kappa shape index (κ2) is 6.99. The van der Waals surface area contributed by atoms with Gasteiger partial charge in [-0.2, -0.15) is 0 Å². The van der Waals surface area contributed by atoms with Crippen LogP contribution in [-0.4, -0.2) is 32.0 Å². The number of nitrogen functional groups attached to an aromatic ring is 2. The molecule has 0 aliphatic rings. The molecule has 5 N–H and O–H groups in total.